The molecule has 0 aliphatic heterocycles. The van der Waals surface area contributed by atoms with Crippen LogP contribution < -0.4 is 22.1 Å². The van der Waals surface area contributed by atoms with Gasteiger partial charge in [0.05, 0.1) is 59.2 Å². The summed E-state index contributed by atoms with van der Waals surface area (Å²) >= 11 is 0. The molecule has 14 nitrogen and oxygen atoms in total. The summed E-state index contributed by atoms with van der Waals surface area (Å²) in [5.74, 6) is -10.8. The molecule has 68 heavy (non-hydrogen) atoms. The lowest BCUT2D eigenvalue weighted by atomic mass is 9.72. The van der Waals surface area contributed by atoms with Crippen molar-refractivity contribution < 1.29 is 102 Å². The van der Waals surface area contributed by atoms with E-state index < -0.39 is 150 Å². The Morgan fingerprint density at radius 1 is 0.426 bits per heavy atom. The summed E-state index contributed by atoms with van der Waals surface area (Å²) in [7, 11) is 1.43. The minimum atomic E-state index is -6.29. The summed E-state index contributed by atoms with van der Waals surface area (Å²) in [5.41, 5.74) is -14.3. The van der Waals surface area contributed by atoms with Crippen LogP contribution in [-0.4, -0.2) is 83.1 Å². The van der Waals surface area contributed by atoms with Gasteiger partial charge in [0.25, 0.3) is 11.8 Å². The van der Waals surface area contributed by atoms with Crippen LogP contribution in [0.15, 0.2) is 84.9 Å². The number of aromatic hydroxyl groups is 4. The first kappa shape index (κ1) is 50.9. The second-order valence-electron chi connectivity index (χ2n) is 14.3. The van der Waals surface area contributed by atoms with Gasteiger partial charge in [-0.05, 0) is 82.9 Å². The highest BCUT2D eigenvalue weighted by Gasteiger charge is 2.74. The van der Waals surface area contributed by atoms with Crippen molar-refractivity contribution >= 4 is 46.5 Å². The van der Waals surface area contributed by atoms with E-state index in [-0.39, 0.29) is 48.5 Å². The van der Waals surface area contributed by atoms with E-state index in [0.717, 1.165) is 0 Å². The number of carbonyl (C=O) groups is 4. The SMILES string of the molecule is COC(=O)c1cc(C(=O)OC)c(C(=O)Nc2cc(C(c3ccc(O)c(N)c3)(C(F)(F)F)C(F)(F)F)ccc2O)cc1C(=O)Nc1cc(C(c2ccc(O)c(N)c2)(C(F)(F)F)C(F)(F)F)ccc1O. The number of hydrogen-bond acceptors (Lipinski definition) is 12. The number of alkyl halides is 12. The number of carbonyl (C=O) groups excluding carboxylic acids is 4. The van der Waals surface area contributed by atoms with Crippen molar-refractivity contribution in [3.05, 3.63) is 129 Å². The zero-order chi connectivity index (χ0) is 51.3. The van der Waals surface area contributed by atoms with E-state index in [0.29, 0.717) is 50.6 Å². The number of nitrogen functional groups attached to an aromatic ring is 2. The predicted octanol–water partition coefficient (Wildman–Crippen LogP) is 8.57. The van der Waals surface area contributed by atoms with Crippen LogP contribution in [0, 0.1) is 0 Å². The number of nitrogens with one attached hydrogen (secondary N) is 2. The Kier molecular flexibility index (Phi) is 13.2. The molecule has 0 heterocycles. The third-order valence-corrected chi connectivity index (χ3v) is 10.4. The Bertz CT molecular complexity index is 2630. The lowest BCUT2D eigenvalue weighted by Gasteiger charge is -2.38. The van der Waals surface area contributed by atoms with Crippen LogP contribution in [0.1, 0.15) is 63.7 Å². The molecule has 2 amide bonds. The van der Waals surface area contributed by atoms with Gasteiger partial charge >= 0.3 is 36.6 Å². The average molecular weight is 979 g/mol. The van der Waals surface area contributed by atoms with E-state index in [1.807, 2.05) is 0 Å². The Labute approximate surface area is 372 Å². The van der Waals surface area contributed by atoms with Crippen molar-refractivity contribution in [3.63, 3.8) is 0 Å². The average Bonchev–Trinajstić information content (AvgIpc) is 3.22. The highest BCUT2D eigenvalue weighted by atomic mass is 19.4. The number of halogens is 12. The second kappa shape index (κ2) is 17.6. The molecule has 0 fully saturated rings. The molecule has 0 spiro atoms. The molecule has 5 aromatic carbocycles. The van der Waals surface area contributed by atoms with Crippen LogP contribution in [0.25, 0.3) is 0 Å². The summed E-state index contributed by atoms with van der Waals surface area (Å²) < 4.78 is 188. The quantitative estimate of drug-likeness (QED) is 0.0284. The normalized spacial score (nSPS) is 12.6. The summed E-state index contributed by atoms with van der Waals surface area (Å²) in [6, 6.07) is 3.47. The second-order valence-corrected chi connectivity index (χ2v) is 14.3. The van der Waals surface area contributed by atoms with Gasteiger partial charge in [-0.15, -0.1) is 0 Å². The Hall–Kier alpha value is -8.06. The molecule has 0 bridgehead atoms. The van der Waals surface area contributed by atoms with E-state index in [4.69, 9.17) is 11.5 Å². The molecule has 0 aromatic heterocycles. The highest BCUT2D eigenvalue weighted by molar-refractivity contribution is 6.17. The zero-order valence-electron chi connectivity index (χ0n) is 34.0. The van der Waals surface area contributed by atoms with Crippen molar-refractivity contribution in [2.75, 3.05) is 36.3 Å². The molecular formula is C42H30F12N4O10. The summed E-state index contributed by atoms with van der Waals surface area (Å²) in [6.07, 6.45) is -25.1. The number of phenolic OH excluding ortho intramolecular Hbond substituents is 4. The van der Waals surface area contributed by atoms with E-state index in [1.165, 1.54) is 0 Å². The number of ether oxygens (including phenoxy) is 2. The fourth-order valence-electron chi connectivity index (χ4n) is 7.19. The number of esters is 2. The van der Waals surface area contributed by atoms with Gasteiger partial charge in [0.15, 0.2) is 0 Å². The number of nitrogens with two attached hydrogens (primary N) is 2. The van der Waals surface area contributed by atoms with Crippen molar-refractivity contribution in [1.29, 1.82) is 0 Å². The maximum atomic E-state index is 14.9. The fraction of sp³-hybridized carbons (Fsp3) is 0.190. The van der Waals surface area contributed by atoms with Crippen LogP contribution in [-0.2, 0) is 20.3 Å². The first-order valence-corrected chi connectivity index (χ1v) is 18.4. The molecule has 5 aromatic rings. The molecule has 0 atom stereocenters. The molecule has 0 saturated carbocycles. The Balaban J connectivity index is 1.69. The first-order valence-electron chi connectivity index (χ1n) is 18.4. The number of amides is 2. The lowest BCUT2D eigenvalue weighted by Crippen LogP contribution is -2.54. The number of phenols is 4. The molecule has 5 rings (SSSR count). The summed E-state index contributed by atoms with van der Waals surface area (Å²) in [5, 5.41) is 44.3. The molecule has 0 aliphatic rings. The van der Waals surface area contributed by atoms with E-state index in [2.05, 4.69) is 9.47 Å². The number of benzene rings is 5. The third-order valence-electron chi connectivity index (χ3n) is 10.4. The maximum Gasteiger partial charge on any atom is 0.411 e. The van der Waals surface area contributed by atoms with Crippen molar-refractivity contribution in [3.8, 4) is 23.0 Å². The number of rotatable bonds is 10. The number of hydrogen-bond donors (Lipinski definition) is 8. The van der Waals surface area contributed by atoms with E-state index in [9.17, 15) is 92.3 Å². The van der Waals surface area contributed by atoms with Gasteiger partial charge in [0, 0.05) is 0 Å². The van der Waals surface area contributed by atoms with Crippen LogP contribution in [0.3, 0.4) is 0 Å². The van der Waals surface area contributed by atoms with Gasteiger partial charge in [-0.25, -0.2) is 9.59 Å². The number of methoxy groups -OCH3 is 2. The van der Waals surface area contributed by atoms with Gasteiger partial charge in [-0.3, -0.25) is 9.59 Å². The van der Waals surface area contributed by atoms with E-state index >= 15 is 0 Å². The lowest BCUT2D eigenvalue weighted by molar-refractivity contribution is -0.290. The van der Waals surface area contributed by atoms with Gasteiger partial charge in [-0.2, -0.15) is 52.7 Å². The van der Waals surface area contributed by atoms with Crippen LogP contribution in [0.4, 0.5) is 75.4 Å². The van der Waals surface area contributed by atoms with Gasteiger partial charge < -0.3 is 52.0 Å². The molecule has 26 heteroatoms. The maximum absolute atomic E-state index is 14.9. The molecular weight excluding hydrogens is 948 g/mol. The van der Waals surface area contributed by atoms with Crippen molar-refractivity contribution in [1.82, 2.24) is 0 Å². The standard InChI is InChI=1S/C42H30F12N4O10/c1-67-35(65)23-16-24(36(66)68-2)22(34(64)58-28-14-20(6-10-32(28)62)38(41(49,50)51,42(52,53)54)18-4-8-30(60)26(56)12-18)15-21(23)33(63)57-27-13-19(5-9-31(27)61)37(39(43,44)45,40(46,47)48)17-3-7-29(59)25(55)11-17/h3-16,59-62H,55-56H2,1-2H3,(H,57,63)(H,58,64). The molecule has 10 N–H and O–H groups in total. The van der Waals surface area contributed by atoms with Crippen molar-refractivity contribution in [2.45, 2.75) is 35.5 Å². The molecule has 0 radical (unpaired) electrons. The van der Waals surface area contributed by atoms with Crippen LogP contribution >= 0.6 is 0 Å². The molecule has 362 valence electrons. The largest absolute Gasteiger partial charge is 0.506 e. The van der Waals surface area contributed by atoms with E-state index in [1.54, 1.807) is 10.6 Å². The third kappa shape index (κ3) is 8.58. The molecule has 0 unspecified atom stereocenters. The zero-order valence-corrected chi connectivity index (χ0v) is 34.0. The highest BCUT2D eigenvalue weighted by Crippen LogP contribution is 2.59. The van der Waals surface area contributed by atoms with Gasteiger partial charge in [0.1, 0.15) is 23.0 Å². The summed E-state index contributed by atoms with van der Waals surface area (Å²) in [4.78, 5) is 53.8. The monoisotopic (exact) mass is 978 g/mol. The van der Waals surface area contributed by atoms with Gasteiger partial charge in [-0.1, -0.05) is 24.3 Å². The summed E-state index contributed by atoms with van der Waals surface area (Å²) in [6.45, 7) is 0. The Morgan fingerprint density at radius 2 is 0.691 bits per heavy atom. The topological polar surface area (TPSA) is 244 Å². The smallest absolute Gasteiger partial charge is 0.411 e. The molecule has 0 saturated heterocycles. The van der Waals surface area contributed by atoms with Crippen LogP contribution in [0.2, 0.25) is 0 Å². The fourth-order valence-corrected chi connectivity index (χ4v) is 7.19. The van der Waals surface area contributed by atoms with Crippen molar-refractivity contribution in [2.24, 2.45) is 0 Å². The Morgan fingerprint density at radius 3 is 0.956 bits per heavy atom. The predicted molar refractivity (Wildman–Crippen MR) is 212 cm³/mol. The first-order chi connectivity index (χ1) is 31.3. The number of anilines is 4. The minimum absolute atomic E-state index is 0.0235. The minimum Gasteiger partial charge on any atom is -0.506 e. The molecule has 0 aliphatic carbocycles. The van der Waals surface area contributed by atoms with Gasteiger partial charge in [0.2, 0.25) is 10.8 Å². The van der Waals surface area contributed by atoms with Crippen LogP contribution in [0.5, 0.6) is 23.0 Å².